The molecular weight excluding hydrogens is 302 g/mol. The largest absolute Gasteiger partial charge is 0.494 e. The van der Waals surface area contributed by atoms with Crippen molar-refractivity contribution >= 4 is 37.8 Å². The molecule has 70 valence electrons. The van der Waals surface area contributed by atoms with Crippen molar-refractivity contribution in [2.24, 2.45) is 5.73 Å². The van der Waals surface area contributed by atoms with Gasteiger partial charge in [-0.05, 0) is 44.0 Å². The predicted molar refractivity (Wildman–Crippen MR) is 56.9 cm³/mol. The van der Waals surface area contributed by atoms with E-state index in [0.29, 0.717) is 20.3 Å². The average molecular weight is 309 g/mol. The van der Waals surface area contributed by atoms with Crippen LogP contribution in [0.3, 0.4) is 0 Å². The van der Waals surface area contributed by atoms with Crippen molar-refractivity contribution in [2.45, 2.75) is 0 Å². The minimum absolute atomic E-state index is 0.430. The number of methoxy groups -OCH3 is 1. The second-order valence-electron chi connectivity index (χ2n) is 2.34. The highest BCUT2D eigenvalue weighted by atomic mass is 79.9. The summed E-state index contributed by atoms with van der Waals surface area (Å²) >= 11 is 6.53. The SMILES string of the molecule is COc1c(Br)cc(C(N)=O)cc1Br. The first kappa shape index (κ1) is 10.5. The maximum absolute atomic E-state index is 10.8. The number of nitrogens with two attached hydrogens (primary N) is 1. The number of rotatable bonds is 2. The van der Waals surface area contributed by atoms with E-state index in [0.717, 1.165) is 0 Å². The highest BCUT2D eigenvalue weighted by Gasteiger charge is 2.10. The number of hydrogen-bond donors (Lipinski definition) is 1. The lowest BCUT2D eigenvalue weighted by atomic mass is 10.2. The van der Waals surface area contributed by atoms with Crippen LogP contribution in [0.15, 0.2) is 21.1 Å². The first-order valence-corrected chi connectivity index (χ1v) is 4.97. The van der Waals surface area contributed by atoms with Crippen LogP contribution in [0.2, 0.25) is 0 Å². The Kier molecular flexibility index (Phi) is 3.33. The van der Waals surface area contributed by atoms with Crippen LogP contribution in [0.1, 0.15) is 10.4 Å². The fourth-order valence-corrected chi connectivity index (χ4v) is 2.41. The molecule has 1 aromatic rings. The molecule has 3 nitrogen and oxygen atoms in total. The minimum atomic E-state index is -0.468. The van der Waals surface area contributed by atoms with Crippen molar-refractivity contribution in [1.82, 2.24) is 0 Å². The second kappa shape index (κ2) is 4.11. The second-order valence-corrected chi connectivity index (χ2v) is 4.05. The molecule has 0 saturated carbocycles. The lowest BCUT2D eigenvalue weighted by Crippen LogP contribution is -2.10. The van der Waals surface area contributed by atoms with E-state index in [1.54, 1.807) is 19.2 Å². The standard InChI is InChI=1S/C8H7Br2NO2/c1-13-7-5(9)2-4(8(11)12)3-6(7)10/h2-3H,1H3,(H2,11,12). The van der Waals surface area contributed by atoms with E-state index in [9.17, 15) is 4.79 Å². The molecule has 0 unspecified atom stereocenters. The van der Waals surface area contributed by atoms with Gasteiger partial charge in [-0.3, -0.25) is 4.79 Å². The quantitative estimate of drug-likeness (QED) is 0.911. The molecule has 0 atom stereocenters. The highest BCUT2D eigenvalue weighted by Crippen LogP contribution is 2.34. The van der Waals surface area contributed by atoms with Crippen molar-refractivity contribution in [3.8, 4) is 5.75 Å². The summed E-state index contributed by atoms with van der Waals surface area (Å²) in [5.74, 6) is 0.175. The Morgan fingerprint density at radius 1 is 1.38 bits per heavy atom. The number of primary amides is 1. The van der Waals surface area contributed by atoms with E-state index in [1.165, 1.54) is 0 Å². The Bertz CT molecular complexity index is 329. The third kappa shape index (κ3) is 2.22. The molecule has 13 heavy (non-hydrogen) atoms. The zero-order chi connectivity index (χ0) is 10.0. The van der Waals surface area contributed by atoms with Crippen LogP contribution in [0.4, 0.5) is 0 Å². The van der Waals surface area contributed by atoms with Gasteiger partial charge in [0.25, 0.3) is 0 Å². The van der Waals surface area contributed by atoms with Crippen LogP contribution < -0.4 is 10.5 Å². The van der Waals surface area contributed by atoms with Gasteiger partial charge in [0.15, 0.2) is 0 Å². The lowest BCUT2D eigenvalue weighted by Gasteiger charge is -2.06. The van der Waals surface area contributed by atoms with E-state index in [2.05, 4.69) is 31.9 Å². The minimum Gasteiger partial charge on any atom is -0.494 e. The molecule has 0 saturated heterocycles. The third-order valence-corrected chi connectivity index (χ3v) is 2.67. The average Bonchev–Trinajstić information content (AvgIpc) is 2.03. The number of hydrogen-bond acceptors (Lipinski definition) is 2. The number of benzene rings is 1. The van der Waals surface area contributed by atoms with Gasteiger partial charge < -0.3 is 10.5 Å². The van der Waals surface area contributed by atoms with Gasteiger partial charge in [-0.1, -0.05) is 0 Å². The van der Waals surface area contributed by atoms with Gasteiger partial charge in [0, 0.05) is 5.56 Å². The molecule has 1 amide bonds. The topological polar surface area (TPSA) is 52.3 Å². The van der Waals surface area contributed by atoms with Crippen molar-refractivity contribution in [3.63, 3.8) is 0 Å². The van der Waals surface area contributed by atoms with Gasteiger partial charge >= 0.3 is 0 Å². The van der Waals surface area contributed by atoms with Gasteiger partial charge in [0.1, 0.15) is 5.75 Å². The van der Waals surface area contributed by atoms with Crippen molar-refractivity contribution in [3.05, 3.63) is 26.6 Å². The summed E-state index contributed by atoms with van der Waals surface area (Å²) in [5.41, 5.74) is 5.55. The van der Waals surface area contributed by atoms with E-state index in [1.807, 2.05) is 0 Å². The molecule has 0 aliphatic heterocycles. The predicted octanol–water partition coefficient (Wildman–Crippen LogP) is 2.32. The molecule has 2 N–H and O–H groups in total. The van der Waals surface area contributed by atoms with Crippen LogP contribution in [-0.2, 0) is 0 Å². The van der Waals surface area contributed by atoms with Crippen LogP contribution >= 0.6 is 31.9 Å². The molecule has 0 heterocycles. The van der Waals surface area contributed by atoms with Gasteiger partial charge in [-0.2, -0.15) is 0 Å². The molecule has 0 aromatic heterocycles. The molecule has 0 spiro atoms. The van der Waals surface area contributed by atoms with Crippen LogP contribution in [0.5, 0.6) is 5.75 Å². The maximum atomic E-state index is 10.8. The van der Waals surface area contributed by atoms with E-state index >= 15 is 0 Å². The molecule has 0 aliphatic rings. The summed E-state index contributed by atoms with van der Waals surface area (Å²) in [6.07, 6.45) is 0. The molecule has 1 rings (SSSR count). The summed E-state index contributed by atoms with van der Waals surface area (Å²) in [5, 5.41) is 0. The Labute approximate surface area is 92.5 Å². The molecule has 0 bridgehead atoms. The van der Waals surface area contributed by atoms with Gasteiger partial charge in [0.05, 0.1) is 16.1 Å². The monoisotopic (exact) mass is 307 g/mol. The molecule has 0 aliphatic carbocycles. The number of carbonyl (C=O) groups is 1. The van der Waals surface area contributed by atoms with E-state index in [4.69, 9.17) is 10.5 Å². The van der Waals surface area contributed by atoms with Crippen LogP contribution in [0.25, 0.3) is 0 Å². The lowest BCUT2D eigenvalue weighted by molar-refractivity contribution is 0.1000. The summed E-state index contributed by atoms with van der Waals surface area (Å²) in [7, 11) is 1.55. The van der Waals surface area contributed by atoms with Gasteiger partial charge in [-0.25, -0.2) is 0 Å². The fraction of sp³-hybridized carbons (Fsp3) is 0.125. The Morgan fingerprint density at radius 2 is 1.85 bits per heavy atom. The van der Waals surface area contributed by atoms with Crippen LogP contribution in [0, 0.1) is 0 Å². The molecular formula is C8H7Br2NO2. The third-order valence-electron chi connectivity index (χ3n) is 1.49. The zero-order valence-corrected chi connectivity index (χ0v) is 9.98. The number of carbonyl (C=O) groups excluding carboxylic acids is 1. The highest BCUT2D eigenvalue weighted by molar-refractivity contribution is 9.11. The number of halogens is 2. The number of ether oxygens (including phenoxy) is 1. The number of amides is 1. The summed E-state index contributed by atoms with van der Waals surface area (Å²) in [4.78, 5) is 10.8. The summed E-state index contributed by atoms with van der Waals surface area (Å²) in [6, 6.07) is 3.23. The smallest absolute Gasteiger partial charge is 0.248 e. The first-order valence-electron chi connectivity index (χ1n) is 3.39. The van der Waals surface area contributed by atoms with Gasteiger partial charge in [-0.15, -0.1) is 0 Å². The normalized spacial score (nSPS) is 9.77. The van der Waals surface area contributed by atoms with E-state index < -0.39 is 5.91 Å². The van der Waals surface area contributed by atoms with Crippen molar-refractivity contribution in [2.75, 3.05) is 7.11 Å². The molecule has 0 fully saturated rings. The Balaban J connectivity index is 3.28. The van der Waals surface area contributed by atoms with Crippen molar-refractivity contribution in [1.29, 1.82) is 0 Å². The summed E-state index contributed by atoms with van der Waals surface area (Å²) < 4.78 is 6.45. The molecule has 1 aromatic carbocycles. The maximum Gasteiger partial charge on any atom is 0.248 e. The van der Waals surface area contributed by atoms with Crippen LogP contribution in [-0.4, -0.2) is 13.0 Å². The first-order chi connectivity index (χ1) is 6.06. The Morgan fingerprint density at radius 3 is 2.15 bits per heavy atom. The zero-order valence-electron chi connectivity index (χ0n) is 6.80. The van der Waals surface area contributed by atoms with Crippen molar-refractivity contribution < 1.29 is 9.53 Å². The van der Waals surface area contributed by atoms with Gasteiger partial charge in [0.2, 0.25) is 5.91 Å². The fourth-order valence-electron chi connectivity index (χ4n) is 0.897. The molecule has 0 radical (unpaired) electrons. The van der Waals surface area contributed by atoms with E-state index in [-0.39, 0.29) is 0 Å². The summed E-state index contributed by atoms with van der Waals surface area (Å²) in [6.45, 7) is 0. The molecule has 5 heteroatoms. The Hall–Kier alpha value is -0.550.